The van der Waals surface area contributed by atoms with Gasteiger partial charge in [-0.3, -0.25) is 19.1 Å². The molecule has 1 aromatic carbocycles. The van der Waals surface area contributed by atoms with Crippen LogP contribution in [0.4, 0.5) is 37.0 Å². The van der Waals surface area contributed by atoms with Crippen LogP contribution in [0.15, 0.2) is 35.3 Å². The van der Waals surface area contributed by atoms with Crippen LogP contribution >= 0.6 is 0 Å². The number of aliphatic hydroxyl groups is 1. The summed E-state index contributed by atoms with van der Waals surface area (Å²) in [6.07, 6.45) is -4.89. The molecule has 9 nitrogen and oxygen atoms in total. The number of carbonyl (C=O) groups is 2. The number of benzene rings is 1. The van der Waals surface area contributed by atoms with Gasteiger partial charge in [0.2, 0.25) is 5.43 Å². The minimum absolute atomic E-state index is 0.0234. The van der Waals surface area contributed by atoms with Crippen molar-refractivity contribution in [2.24, 2.45) is 0 Å². The smallest absolute Gasteiger partial charge is 0.391 e. The SMILES string of the molecule is CC(C)(CC(F)(F)F)NC(=O)c1cn(-c2c(F)cc(F)cc2F)c2nc(N3CCCN(CCO)C3=O)ccc2c1=O. The van der Waals surface area contributed by atoms with Crippen LogP contribution in [0.2, 0.25) is 0 Å². The standard InChI is InChI=1S/C26H25F6N5O4/c1-25(2,13-26(30,31)32)34-23(40)16-12-37(20-17(28)10-14(27)11-18(20)29)22-15(21(16)39)4-5-19(33-22)36-7-3-6-35(8-9-38)24(36)41/h4-5,10-12,38H,3,6-9,13H2,1-2H3,(H,34,40). The number of alkyl halides is 3. The van der Waals surface area contributed by atoms with E-state index in [1.807, 2.05) is 0 Å². The van der Waals surface area contributed by atoms with Gasteiger partial charge in [-0.15, -0.1) is 0 Å². The first-order chi connectivity index (χ1) is 19.1. The van der Waals surface area contributed by atoms with Gasteiger partial charge in [0.15, 0.2) is 17.3 Å². The van der Waals surface area contributed by atoms with E-state index in [9.17, 15) is 45.8 Å². The highest BCUT2D eigenvalue weighted by Gasteiger charge is 2.38. The molecule has 0 spiro atoms. The number of hydrogen-bond acceptors (Lipinski definition) is 5. The van der Waals surface area contributed by atoms with E-state index < -0.39 is 69.9 Å². The van der Waals surface area contributed by atoms with Gasteiger partial charge >= 0.3 is 12.2 Å². The Morgan fingerprint density at radius 3 is 2.34 bits per heavy atom. The number of fused-ring (bicyclic) bond motifs is 1. The number of aliphatic hydroxyl groups excluding tert-OH is 1. The monoisotopic (exact) mass is 585 g/mol. The highest BCUT2D eigenvalue weighted by Crippen LogP contribution is 2.29. The molecule has 1 aliphatic rings. The molecule has 41 heavy (non-hydrogen) atoms. The number of halogens is 6. The minimum Gasteiger partial charge on any atom is -0.395 e. The van der Waals surface area contributed by atoms with Crippen molar-refractivity contribution in [3.63, 3.8) is 0 Å². The van der Waals surface area contributed by atoms with Crippen LogP contribution in [-0.4, -0.2) is 69.5 Å². The number of nitrogens with zero attached hydrogens (tertiary/aromatic N) is 4. The van der Waals surface area contributed by atoms with Gasteiger partial charge in [0.05, 0.1) is 18.4 Å². The molecule has 0 saturated carbocycles. The van der Waals surface area contributed by atoms with E-state index in [1.54, 1.807) is 0 Å². The number of rotatable bonds is 7. The van der Waals surface area contributed by atoms with Crippen LogP contribution in [-0.2, 0) is 0 Å². The average Bonchev–Trinajstić information content (AvgIpc) is 2.84. The van der Waals surface area contributed by atoms with Gasteiger partial charge in [-0.05, 0) is 32.4 Å². The van der Waals surface area contributed by atoms with Gasteiger partial charge in [0.1, 0.15) is 22.9 Å². The highest BCUT2D eigenvalue weighted by molar-refractivity contribution is 5.98. The zero-order valence-electron chi connectivity index (χ0n) is 21.9. The number of urea groups is 1. The molecule has 0 radical (unpaired) electrons. The molecule has 0 bridgehead atoms. The molecule has 0 unspecified atom stereocenters. The first kappa shape index (κ1) is 29.8. The molecule has 3 heterocycles. The third kappa shape index (κ3) is 6.29. The third-order valence-electron chi connectivity index (χ3n) is 6.36. The second-order valence-corrected chi connectivity index (χ2v) is 10.1. The summed E-state index contributed by atoms with van der Waals surface area (Å²) in [6.45, 7) is 2.48. The summed E-state index contributed by atoms with van der Waals surface area (Å²) in [5.41, 5.74) is -4.95. The zero-order chi connectivity index (χ0) is 30.3. The number of nitrogens with one attached hydrogen (secondary N) is 1. The average molecular weight is 586 g/mol. The number of carbonyl (C=O) groups excluding carboxylic acids is 2. The summed E-state index contributed by atoms with van der Waals surface area (Å²) in [7, 11) is 0. The molecule has 220 valence electrons. The van der Waals surface area contributed by atoms with Crippen LogP contribution in [0.1, 0.15) is 37.0 Å². The Morgan fingerprint density at radius 1 is 1.07 bits per heavy atom. The Morgan fingerprint density at radius 2 is 1.73 bits per heavy atom. The molecule has 15 heteroatoms. The quantitative estimate of drug-likeness (QED) is 0.410. The van der Waals surface area contributed by atoms with Crippen LogP contribution in [0.5, 0.6) is 0 Å². The molecule has 2 N–H and O–H groups in total. The molecule has 3 amide bonds. The Labute approximate surface area is 229 Å². The second kappa shape index (κ2) is 11.0. The third-order valence-corrected chi connectivity index (χ3v) is 6.36. The van der Waals surface area contributed by atoms with Gasteiger partial charge in [0.25, 0.3) is 5.91 Å². The number of pyridine rings is 2. The fraction of sp³-hybridized carbons (Fsp3) is 0.385. The molecule has 1 aliphatic heterocycles. The molecular weight excluding hydrogens is 560 g/mol. The number of hydrogen-bond donors (Lipinski definition) is 2. The fourth-order valence-electron chi connectivity index (χ4n) is 4.68. The maximum Gasteiger partial charge on any atom is 0.391 e. The van der Waals surface area contributed by atoms with Crippen LogP contribution < -0.4 is 15.6 Å². The Kier molecular flexibility index (Phi) is 8.02. The maximum absolute atomic E-state index is 14.9. The summed E-state index contributed by atoms with van der Waals surface area (Å²) < 4.78 is 83.3. The van der Waals surface area contributed by atoms with Crippen molar-refractivity contribution in [2.75, 3.05) is 31.1 Å². The van der Waals surface area contributed by atoms with Crippen LogP contribution in [0, 0.1) is 17.5 Å². The fourth-order valence-corrected chi connectivity index (χ4v) is 4.68. The predicted molar refractivity (Wildman–Crippen MR) is 135 cm³/mol. The van der Waals surface area contributed by atoms with Crippen molar-refractivity contribution in [3.8, 4) is 5.69 Å². The first-order valence-electron chi connectivity index (χ1n) is 12.4. The summed E-state index contributed by atoms with van der Waals surface area (Å²) in [4.78, 5) is 46.2. The van der Waals surface area contributed by atoms with Gasteiger partial charge in [0, 0.05) is 43.5 Å². The molecule has 1 saturated heterocycles. The molecule has 0 aliphatic carbocycles. The lowest BCUT2D eigenvalue weighted by Gasteiger charge is -2.34. The summed E-state index contributed by atoms with van der Waals surface area (Å²) in [5, 5.41) is 11.0. The van der Waals surface area contributed by atoms with Crippen LogP contribution in [0.25, 0.3) is 16.7 Å². The summed E-state index contributed by atoms with van der Waals surface area (Å²) in [6, 6.07) is 2.62. The normalized spacial score (nSPS) is 14.6. The van der Waals surface area contributed by atoms with E-state index in [0.29, 0.717) is 35.9 Å². The molecular formula is C26H25F6N5O4. The molecule has 4 rings (SSSR count). The van der Waals surface area contributed by atoms with Gasteiger partial charge < -0.3 is 15.3 Å². The lowest BCUT2D eigenvalue weighted by atomic mass is 9.99. The first-order valence-corrected chi connectivity index (χ1v) is 12.4. The number of anilines is 1. The van der Waals surface area contributed by atoms with E-state index in [1.165, 1.54) is 15.9 Å². The predicted octanol–water partition coefficient (Wildman–Crippen LogP) is 3.89. The second-order valence-electron chi connectivity index (χ2n) is 10.1. The highest BCUT2D eigenvalue weighted by atomic mass is 19.4. The van der Waals surface area contributed by atoms with E-state index in [4.69, 9.17) is 0 Å². The summed E-state index contributed by atoms with van der Waals surface area (Å²) >= 11 is 0. The lowest BCUT2D eigenvalue weighted by Crippen LogP contribution is -2.50. The Balaban J connectivity index is 1.91. The molecule has 0 atom stereocenters. The van der Waals surface area contributed by atoms with Gasteiger partial charge in [-0.2, -0.15) is 13.2 Å². The number of β-amino-alcohol motifs (C(OH)–C–C–N with tert-alkyl or cyclic N) is 1. The topological polar surface area (TPSA) is 108 Å². The molecule has 3 aromatic rings. The van der Waals surface area contributed by atoms with Crippen molar-refractivity contribution in [1.82, 2.24) is 19.8 Å². The Hall–Kier alpha value is -4.14. The number of aromatic nitrogens is 2. The summed E-state index contributed by atoms with van der Waals surface area (Å²) in [5.74, 6) is -5.38. The largest absolute Gasteiger partial charge is 0.395 e. The molecule has 2 aromatic heterocycles. The minimum atomic E-state index is -4.65. The van der Waals surface area contributed by atoms with Crippen molar-refractivity contribution >= 4 is 28.8 Å². The lowest BCUT2D eigenvalue weighted by molar-refractivity contribution is -0.146. The van der Waals surface area contributed by atoms with Crippen molar-refractivity contribution < 1.29 is 41.0 Å². The van der Waals surface area contributed by atoms with Gasteiger partial charge in [-0.25, -0.2) is 22.9 Å². The van der Waals surface area contributed by atoms with E-state index in [-0.39, 0.29) is 30.9 Å². The number of amides is 3. The van der Waals surface area contributed by atoms with Gasteiger partial charge in [-0.1, -0.05) is 0 Å². The van der Waals surface area contributed by atoms with Crippen molar-refractivity contribution in [2.45, 2.75) is 38.4 Å². The van der Waals surface area contributed by atoms with E-state index in [0.717, 1.165) is 19.9 Å². The maximum atomic E-state index is 14.9. The van der Waals surface area contributed by atoms with Crippen molar-refractivity contribution in [1.29, 1.82) is 0 Å². The zero-order valence-corrected chi connectivity index (χ0v) is 21.9. The van der Waals surface area contributed by atoms with E-state index in [2.05, 4.69) is 10.3 Å². The van der Waals surface area contributed by atoms with E-state index >= 15 is 0 Å². The Bertz CT molecular complexity index is 1550. The van der Waals surface area contributed by atoms with Crippen molar-refractivity contribution in [3.05, 3.63) is 63.7 Å². The van der Waals surface area contributed by atoms with Crippen LogP contribution in [0.3, 0.4) is 0 Å². The molecule has 1 fully saturated rings.